The highest BCUT2D eigenvalue weighted by atomic mass is 16.5. The van der Waals surface area contributed by atoms with E-state index in [0.29, 0.717) is 35.3 Å². The number of aryl methyl sites for hydroxylation is 1. The molecule has 0 bridgehead atoms. The standard InChI is InChI=1S/C22H22N8O2/c1-3-31-19-8-17-15(7-16(19)23)22(24,27-10-25-17)14-4-5-18(13(2)6-14)32-21-9-20-29-28-12-30(20)11-26-21/h4-12H,3,23-24H2,1-2H3,(H,25,27). The van der Waals surface area contributed by atoms with Gasteiger partial charge in [-0.15, -0.1) is 10.2 Å². The minimum absolute atomic E-state index is 0.422. The average Bonchev–Trinajstić information content (AvgIpc) is 3.24. The van der Waals surface area contributed by atoms with Gasteiger partial charge in [0, 0.05) is 17.7 Å². The fraction of sp³-hybridized carbons (Fsp3) is 0.182. The Morgan fingerprint density at radius 2 is 2.00 bits per heavy atom. The third kappa shape index (κ3) is 3.26. The molecule has 1 atom stereocenters. The van der Waals surface area contributed by atoms with Crippen LogP contribution in [0.3, 0.4) is 0 Å². The van der Waals surface area contributed by atoms with Gasteiger partial charge in [-0.05, 0) is 43.2 Å². The number of ether oxygens (including phenoxy) is 2. The highest BCUT2D eigenvalue weighted by Crippen LogP contribution is 2.41. The molecule has 5 rings (SSSR count). The predicted molar refractivity (Wildman–Crippen MR) is 121 cm³/mol. The molecule has 10 nitrogen and oxygen atoms in total. The molecule has 4 aromatic rings. The first-order valence-electron chi connectivity index (χ1n) is 10.1. The van der Waals surface area contributed by atoms with Crippen molar-refractivity contribution in [2.45, 2.75) is 19.5 Å². The van der Waals surface area contributed by atoms with Crippen molar-refractivity contribution >= 4 is 23.4 Å². The highest BCUT2D eigenvalue weighted by Gasteiger charge is 2.34. The maximum absolute atomic E-state index is 6.80. The molecule has 2 aromatic heterocycles. The number of rotatable bonds is 5. The smallest absolute Gasteiger partial charge is 0.224 e. The summed E-state index contributed by atoms with van der Waals surface area (Å²) in [5, 5.41) is 11.0. The Labute approximate surface area is 183 Å². The van der Waals surface area contributed by atoms with Crippen LogP contribution in [0.2, 0.25) is 0 Å². The van der Waals surface area contributed by atoms with Gasteiger partial charge in [0.05, 0.1) is 24.3 Å². The van der Waals surface area contributed by atoms with Crippen LogP contribution in [0, 0.1) is 6.92 Å². The monoisotopic (exact) mass is 430 g/mol. The summed E-state index contributed by atoms with van der Waals surface area (Å²) >= 11 is 0. The van der Waals surface area contributed by atoms with Crippen LogP contribution in [0.1, 0.15) is 23.6 Å². The summed E-state index contributed by atoms with van der Waals surface area (Å²) in [5.41, 5.74) is 16.3. The molecule has 1 aliphatic rings. The molecule has 0 spiro atoms. The van der Waals surface area contributed by atoms with Crippen LogP contribution in [0.25, 0.3) is 5.65 Å². The summed E-state index contributed by atoms with van der Waals surface area (Å²) in [5.74, 6) is 1.68. The Balaban J connectivity index is 1.49. The number of nitrogens with zero attached hydrogens (tertiary/aromatic N) is 5. The number of fused-ring (bicyclic) bond motifs is 2. The second-order valence-electron chi connectivity index (χ2n) is 7.44. The molecule has 2 aromatic carbocycles. The molecule has 5 N–H and O–H groups in total. The van der Waals surface area contributed by atoms with E-state index in [2.05, 4.69) is 25.5 Å². The van der Waals surface area contributed by atoms with Gasteiger partial charge in [-0.2, -0.15) is 0 Å². The van der Waals surface area contributed by atoms with E-state index in [9.17, 15) is 0 Å². The molecule has 3 heterocycles. The van der Waals surface area contributed by atoms with Gasteiger partial charge < -0.3 is 20.5 Å². The second-order valence-corrected chi connectivity index (χ2v) is 7.44. The van der Waals surface area contributed by atoms with Gasteiger partial charge >= 0.3 is 0 Å². The fourth-order valence-corrected chi connectivity index (χ4v) is 3.70. The Hall–Kier alpha value is -4.18. The molecule has 0 radical (unpaired) electrons. The third-order valence-electron chi connectivity index (χ3n) is 5.34. The maximum Gasteiger partial charge on any atom is 0.224 e. The molecule has 32 heavy (non-hydrogen) atoms. The largest absolute Gasteiger partial charge is 0.492 e. The van der Waals surface area contributed by atoms with Gasteiger partial charge in [-0.3, -0.25) is 10.1 Å². The van der Waals surface area contributed by atoms with Crippen LogP contribution in [-0.2, 0) is 5.66 Å². The lowest BCUT2D eigenvalue weighted by Gasteiger charge is -2.32. The summed E-state index contributed by atoms with van der Waals surface area (Å²) in [6.45, 7) is 4.37. The van der Waals surface area contributed by atoms with Crippen molar-refractivity contribution in [2.24, 2.45) is 10.7 Å². The Kier molecular flexibility index (Phi) is 4.63. The van der Waals surface area contributed by atoms with Crippen molar-refractivity contribution in [3.05, 3.63) is 65.7 Å². The van der Waals surface area contributed by atoms with E-state index < -0.39 is 5.66 Å². The van der Waals surface area contributed by atoms with Crippen molar-refractivity contribution < 1.29 is 9.47 Å². The lowest BCUT2D eigenvalue weighted by atomic mass is 9.88. The van der Waals surface area contributed by atoms with Gasteiger partial charge in [-0.1, -0.05) is 6.07 Å². The third-order valence-corrected chi connectivity index (χ3v) is 5.34. The molecule has 0 aliphatic carbocycles. The van der Waals surface area contributed by atoms with Crippen LogP contribution in [0.4, 0.5) is 11.4 Å². The highest BCUT2D eigenvalue weighted by molar-refractivity contribution is 5.84. The molecule has 1 unspecified atom stereocenters. The van der Waals surface area contributed by atoms with Gasteiger partial charge in [0.25, 0.3) is 0 Å². The molecule has 10 heteroatoms. The quantitative estimate of drug-likeness (QED) is 0.411. The van der Waals surface area contributed by atoms with Gasteiger partial charge in [0.2, 0.25) is 5.88 Å². The molecule has 162 valence electrons. The Morgan fingerprint density at radius 1 is 1.12 bits per heavy atom. The van der Waals surface area contributed by atoms with Crippen molar-refractivity contribution in [1.82, 2.24) is 19.6 Å². The average molecular weight is 430 g/mol. The molecule has 0 amide bonds. The topological polar surface area (TPSA) is 138 Å². The predicted octanol–water partition coefficient (Wildman–Crippen LogP) is 2.82. The van der Waals surface area contributed by atoms with E-state index in [0.717, 1.165) is 22.4 Å². The molecule has 0 saturated carbocycles. The van der Waals surface area contributed by atoms with Gasteiger partial charge in [0.1, 0.15) is 24.2 Å². The van der Waals surface area contributed by atoms with Crippen LogP contribution in [0.15, 0.2) is 54.0 Å². The molecule has 0 fully saturated rings. The summed E-state index contributed by atoms with van der Waals surface area (Å²) in [6, 6.07) is 11.1. The summed E-state index contributed by atoms with van der Waals surface area (Å²) < 4.78 is 13.3. The number of nitrogens with two attached hydrogens (primary N) is 2. The van der Waals surface area contributed by atoms with Crippen molar-refractivity contribution in [1.29, 1.82) is 0 Å². The van der Waals surface area contributed by atoms with Crippen LogP contribution in [0.5, 0.6) is 17.4 Å². The minimum atomic E-state index is -1.11. The summed E-state index contributed by atoms with van der Waals surface area (Å²) in [4.78, 5) is 8.83. The zero-order valence-electron chi connectivity index (χ0n) is 17.6. The van der Waals surface area contributed by atoms with Crippen LogP contribution < -0.4 is 26.3 Å². The number of hydrogen-bond donors (Lipinski definition) is 3. The summed E-state index contributed by atoms with van der Waals surface area (Å²) in [7, 11) is 0. The molecule has 0 saturated heterocycles. The zero-order valence-corrected chi connectivity index (χ0v) is 17.6. The SMILES string of the molecule is CCOc1cc2c(cc1N)C(N)(c1ccc(Oc3cc4nncn4cn3)c(C)c1)N=CN2. The fourth-order valence-electron chi connectivity index (χ4n) is 3.70. The second kappa shape index (κ2) is 7.50. The number of nitrogens with one attached hydrogen (secondary N) is 1. The van der Waals surface area contributed by atoms with Gasteiger partial charge in [0.15, 0.2) is 11.3 Å². The Morgan fingerprint density at radius 3 is 2.81 bits per heavy atom. The minimum Gasteiger partial charge on any atom is -0.492 e. The number of hydrogen-bond acceptors (Lipinski definition) is 9. The van der Waals surface area contributed by atoms with Crippen molar-refractivity contribution in [3.8, 4) is 17.4 Å². The van der Waals surface area contributed by atoms with Crippen molar-refractivity contribution in [2.75, 3.05) is 17.7 Å². The normalized spacial score (nSPS) is 17.1. The molecule has 1 aliphatic heterocycles. The van der Waals surface area contributed by atoms with Crippen molar-refractivity contribution in [3.63, 3.8) is 0 Å². The Bertz CT molecular complexity index is 1350. The van der Waals surface area contributed by atoms with E-state index in [-0.39, 0.29) is 0 Å². The first-order valence-corrected chi connectivity index (χ1v) is 10.1. The lowest BCUT2D eigenvalue weighted by molar-refractivity contribution is 0.342. The number of benzene rings is 2. The van der Waals surface area contributed by atoms with Gasteiger partial charge in [-0.25, -0.2) is 9.98 Å². The number of aromatic nitrogens is 4. The number of anilines is 2. The molecular formula is C22H22N8O2. The van der Waals surface area contributed by atoms with Crippen LogP contribution >= 0.6 is 0 Å². The lowest BCUT2D eigenvalue weighted by Crippen LogP contribution is -2.39. The van der Waals surface area contributed by atoms with E-state index in [1.54, 1.807) is 35.5 Å². The van der Waals surface area contributed by atoms with E-state index in [1.165, 1.54) is 0 Å². The number of aliphatic imine (C=N–C) groups is 1. The first kappa shape index (κ1) is 19.8. The first-order chi connectivity index (χ1) is 15.5. The summed E-state index contributed by atoms with van der Waals surface area (Å²) in [6.07, 6.45) is 4.77. The molecular weight excluding hydrogens is 408 g/mol. The van der Waals surface area contributed by atoms with E-state index in [4.69, 9.17) is 20.9 Å². The zero-order chi connectivity index (χ0) is 22.3. The van der Waals surface area contributed by atoms with Crippen LogP contribution in [-0.4, -0.2) is 32.5 Å². The number of nitrogen functional groups attached to an aromatic ring is 1. The van der Waals surface area contributed by atoms with E-state index >= 15 is 0 Å². The van der Waals surface area contributed by atoms with E-state index in [1.807, 2.05) is 38.1 Å². The maximum atomic E-state index is 6.80.